The fraction of sp³-hybridized carbons (Fsp3) is 0.588. The van der Waals surface area contributed by atoms with Gasteiger partial charge in [-0.3, -0.25) is 4.79 Å². The Morgan fingerprint density at radius 3 is 2.27 bits per heavy atom. The SMILES string of the molecule is CCCCCCc1ccc(C2CCC(C(=O)Oc3ccc(CC(CC)CCCC)cc3C#N)CC2)cc1. The number of hydrogen-bond acceptors (Lipinski definition) is 3. The van der Waals surface area contributed by atoms with Crippen LogP contribution in [-0.4, -0.2) is 5.97 Å². The van der Waals surface area contributed by atoms with Gasteiger partial charge in [-0.25, -0.2) is 0 Å². The van der Waals surface area contributed by atoms with E-state index in [1.807, 2.05) is 18.2 Å². The Kier molecular flexibility index (Phi) is 12.2. The van der Waals surface area contributed by atoms with Crippen molar-refractivity contribution in [2.24, 2.45) is 11.8 Å². The number of carbonyl (C=O) groups is 1. The van der Waals surface area contributed by atoms with Gasteiger partial charge >= 0.3 is 5.97 Å². The maximum Gasteiger partial charge on any atom is 0.314 e. The number of hydrogen-bond donors (Lipinski definition) is 0. The van der Waals surface area contributed by atoms with Crippen LogP contribution in [0.15, 0.2) is 42.5 Å². The molecule has 0 amide bonds. The summed E-state index contributed by atoms with van der Waals surface area (Å²) < 4.78 is 5.78. The van der Waals surface area contributed by atoms with Crippen molar-refractivity contribution in [1.82, 2.24) is 0 Å². The van der Waals surface area contributed by atoms with E-state index in [0.29, 0.717) is 23.1 Å². The number of benzene rings is 2. The van der Waals surface area contributed by atoms with Gasteiger partial charge in [0.05, 0.1) is 11.5 Å². The van der Waals surface area contributed by atoms with Crippen molar-refractivity contribution in [2.45, 2.75) is 117 Å². The smallest absolute Gasteiger partial charge is 0.314 e. The molecule has 2 aromatic rings. The Morgan fingerprint density at radius 1 is 0.919 bits per heavy atom. The minimum atomic E-state index is -0.181. The van der Waals surface area contributed by atoms with E-state index in [2.05, 4.69) is 51.1 Å². The minimum Gasteiger partial charge on any atom is -0.425 e. The van der Waals surface area contributed by atoms with Crippen molar-refractivity contribution in [2.75, 3.05) is 0 Å². The Balaban J connectivity index is 1.50. The summed E-state index contributed by atoms with van der Waals surface area (Å²) >= 11 is 0. The molecule has 0 saturated heterocycles. The molecule has 3 nitrogen and oxygen atoms in total. The number of nitrogens with zero attached hydrogens (tertiary/aromatic N) is 1. The van der Waals surface area contributed by atoms with Crippen LogP contribution in [-0.2, 0) is 17.6 Å². The van der Waals surface area contributed by atoms with Crippen LogP contribution in [0.2, 0.25) is 0 Å². The maximum absolute atomic E-state index is 13.0. The Hall–Kier alpha value is -2.60. The number of ether oxygens (including phenoxy) is 1. The predicted octanol–water partition coefficient (Wildman–Crippen LogP) is 9.32. The number of nitriles is 1. The highest BCUT2D eigenvalue weighted by Gasteiger charge is 2.29. The third kappa shape index (κ3) is 9.03. The van der Waals surface area contributed by atoms with Gasteiger partial charge in [-0.15, -0.1) is 0 Å². The molecule has 0 heterocycles. The van der Waals surface area contributed by atoms with E-state index in [0.717, 1.165) is 44.1 Å². The monoisotopic (exact) mass is 501 g/mol. The normalized spacial score (nSPS) is 18.2. The molecule has 0 aliphatic heterocycles. The molecule has 2 aromatic carbocycles. The molecule has 37 heavy (non-hydrogen) atoms. The first-order chi connectivity index (χ1) is 18.1. The average Bonchev–Trinajstić information content (AvgIpc) is 2.94. The first-order valence-corrected chi connectivity index (χ1v) is 14.9. The Bertz CT molecular complexity index is 995. The lowest BCUT2D eigenvalue weighted by Crippen LogP contribution is -2.25. The molecule has 0 bridgehead atoms. The van der Waals surface area contributed by atoms with Gasteiger partial charge in [-0.2, -0.15) is 5.26 Å². The van der Waals surface area contributed by atoms with E-state index in [-0.39, 0.29) is 11.9 Å². The molecule has 0 aromatic heterocycles. The molecule has 1 aliphatic carbocycles. The van der Waals surface area contributed by atoms with Crippen molar-refractivity contribution < 1.29 is 9.53 Å². The zero-order valence-electron chi connectivity index (χ0n) is 23.4. The molecular formula is C34H47NO2. The lowest BCUT2D eigenvalue weighted by molar-refractivity contribution is -0.140. The van der Waals surface area contributed by atoms with E-state index in [4.69, 9.17) is 4.74 Å². The highest BCUT2D eigenvalue weighted by atomic mass is 16.5. The van der Waals surface area contributed by atoms with Crippen molar-refractivity contribution >= 4 is 5.97 Å². The van der Waals surface area contributed by atoms with Gasteiger partial charge in [-0.05, 0) is 85.6 Å². The lowest BCUT2D eigenvalue weighted by Gasteiger charge is -2.27. The van der Waals surface area contributed by atoms with Gasteiger partial charge in [0.25, 0.3) is 0 Å². The minimum absolute atomic E-state index is 0.0844. The lowest BCUT2D eigenvalue weighted by atomic mass is 9.78. The van der Waals surface area contributed by atoms with E-state index in [1.165, 1.54) is 62.5 Å². The third-order valence-corrected chi connectivity index (χ3v) is 8.27. The van der Waals surface area contributed by atoms with E-state index in [9.17, 15) is 10.1 Å². The maximum atomic E-state index is 13.0. The molecule has 0 N–H and O–H groups in total. The van der Waals surface area contributed by atoms with Crippen LogP contribution in [0, 0.1) is 23.2 Å². The van der Waals surface area contributed by atoms with E-state index >= 15 is 0 Å². The molecule has 200 valence electrons. The number of esters is 1. The third-order valence-electron chi connectivity index (χ3n) is 8.27. The number of unbranched alkanes of at least 4 members (excludes halogenated alkanes) is 4. The highest BCUT2D eigenvalue weighted by Crippen LogP contribution is 2.37. The highest BCUT2D eigenvalue weighted by molar-refractivity contribution is 5.76. The first kappa shape index (κ1) is 29.0. The summed E-state index contributed by atoms with van der Waals surface area (Å²) in [6.45, 7) is 6.71. The molecule has 1 atom stereocenters. The largest absolute Gasteiger partial charge is 0.425 e. The summed E-state index contributed by atoms with van der Waals surface area (Å²) in [6.07, 6.45) is 15.9. The second-order valence-electron chi connectivity index (χ2n) is 11.1. The molecule has 3 rings (SSSR count). The zero-order valence-corrected chi connectivity index (χ0v) is 23.4. The van der Waals surface area contributed by atoms with Crippen LogP contribution in [0.3, 0.4) is 0 Å². The summed E-state index contributed by atoms with van der Waals surface area (Å²) in [5, 5.41) is 9.71. The van der Waals surface area contributed by atoms with Gasteiger partial charge in [0.15, 0.2) is 0 Å². The molecule has 1 fully saturated rings. The van der Waals surface area contributed by atoms with E-state index in [1.54, 1.807) is 0 Å². The van der Waals surface area contributed by atoms with Crippen LogP contribution in [0.5, 0.6) is 5.75 Å². The summed E-state index contributed by atoms with van der Waals surface area (Å²) in [5.74, 6) is 1.30. The summed E-state index contributed by atoms with van der Waals surface area (Å²) in [4.78, 5) is 13.0. The second-order valence-corrected chi connectivity index (χ2v) is 11.1. The van der Waals surface area contributed by atoms with E-state index < -0.39 is 0 Å². The van der Waals surface area contributed by atoms with Gasteiger partial charge in [0.2, 0.25) is 0 Å². The summed E-state index contributed by atoms with van der Waals surface area (Å²) in [7, 11) is 0. The predicted molar refractivity (Wildman–Crippen MR) is 153 cm³/mol. The Labute approximate surface area is 225 Å². The van der Waals surface area contributed by atoms with Gasteiger partial charge in [0.1, 0.15) is 11.8 Å². The van der Waals surface area contributed by atoms with Gasteiger partial charge in [0, 0.05) is 0 Å². The van der Waals surface area contributed by atoms with Crippen LogP contribution in [0.1, 0.15) is 126 Å². The van der Waals surface area contributed by atoms with Crippen LogP contribution >= 0.6 is 0 Å². The summed E-state index contributed by atoms with van der Waals surface area (Å²) in [6, 6.07) is 17.2. The zero-order chi connectivity index (χ0) is 26.5. The number of rotatable bonds is 14. The van der Waals surface area contributed by atoms with Crippen LogP contribution in [0.4, 0.5) is 0 Å². The van der Waals surface area contributed by atoms with Crippen molar-refractivity contribution in [3.8, 4) is 11.8 Å². The topological polar surface area (TPSA) is 50.1 Å². The van der Waals surface area contributed by atoms with Crippen molar-refractivity contribution in [3.63, 3.8) is 0 Å². The molecular weight excluding hydrogens is 454 g/mol. The number of carbonyl (C=O) groups excluding carboxylic acids is 1. The van der Waals surface area contributed by atoms with Gasteiger partial charge < -0.3 is 4.74 Å². The quantitative estimate of drug-likeness (QED) is 0.147. The first-order valence-electron chi connectivity index (χ1n) is 14.9. The van der Waals surface area contributed by atoms with Gasteiger partial charge in [-0.1, -0.05) is 96.0 Å². The fourth-order valence-corrected chi connectivity index (χ4v) is 5.72. The molecule has 1 unspecified atom stereocenters. The van der Waals surface area contributed by atoms with Crippen molar-refractivity contribution in [3.05, 3.63) is 64.7 Å². The molecule has 3 heteroatoms. The average molecular weight is 502 g/mol. The Morgan fingerprint density at radius 2 is 1.62 bits per heavy atom. The summed E-state index contributed by atoms with van der Waals surface area (Å²) in [5.41, 5.74) is 4.46. The standard InChI is InChI=1S/C34H47NO2/c1-4-7-9-10-12-27-13-16-29(17-14-27)30-18-20-31(21-19-30)34(36)37-33-22-15-28(24-32(33)25-35)23-26(6-3)11-8-5-2/h13-17,22,24,26,30-31H,4-12,18-21,23H2,1-3H3. The molecule has 0 spiro atoms. The van der Waals surface area contributed by atoms with Crippen molar-refractivity contribution in [1.29, 1.82) is 5.26 Å². The molecule has 1 aliphatic rings. The molecule has 0 radical (unpaired) electrons. The van der Waals surface area contributed by atoms with Crippen LogP contribution < -0.4 is 4.74 Å². The fourth-order valence-electron chi connectivity index (χ4n) is 5.72. The second kappa shape index (κ2) is 15.6. The number of aryl methyl sites for hydroxylation is 1. The van der Waals surface area contributed by atoms with Crippen LogP contribution in [0.25, 0.3) is 0 Å². The molecule has 1 saturated carbocycles.